The average Bonchev–Trinajstić information content (AvgIpc) is 2.78. The van der Waals surface area contributed by atoms with Crippen molar-refractivity contribution in [2.24, 2.45) is 5.73 Å². The molecule has 1 aliphatic heterocycles. The van der Waals surface area contributed by atoms with Gasteiger partial charge in [0.15, 0.2) is 0 Å². The highest BCUT2D eigenvalue weighted by Crippen LogP contribution is 2.34. The summed E-state index contributed by atoms with van der Waals surface area (Å²) >= 11 is 0. The maximum atomic E-state index is 9.78. The SMILES string of the molecule is CCC(N)C(c1ccccc1OC)N1CC(O)C(O)C1. The van der Waals surface area contributed by atoms with Crippen LogP contribution in [-0.4, -0.2) is 53.6 Å². The molecule has 1 fully saturated rings. The van der Waals surface area contributed by atoms with E-state index in [-0.39, 0.29) is 12.1 Å². The lowest BCUT2D eigenvalue weighted by Gasteiger charge is -2.33. The first-order valence-electron chi connectivity index (χ1n) is 7.07. The fourth-order valence-corrected chi connectivity index (χ4v) is 2.86. The standard InChI is InChI=1S/C15H24N2O3/c1-3-11(16)15(17-8-12(18)13(19)9-17)10-6-4-5-7-14(10)20-2/h4-7,11-13,15,18-19H,3,8-9,16H2,1-2H3. The van der Waals surface area contributed by atoms with Gasteiger partial charge in [-0.15, -0.1) is 0 Å². The number of ether oxygens (including phenoxy) is 1. The number of rotatable bonds is 5. The minimum atomic E-state index is -0.712. The first-order valence-corrected chi connectivity index (χ1v) is 7.07. The van der Waals surface area contributed by atoms with Gasteiger partial charge in [0.25, 0.3) is 0 Å². The molecule has 20 heavy (non-hydrogen) atoms. The van der Waals surface area contributed by atoms with E-state index in [4.69, 9.17) is 10.5 Å². The maximum Gasteiger partial charge on any atom is 0.123 e. The van der Waals surface area contributed by atoms with Gasteiger partial charge in [-0.3, -0.25) is 4.90 Å². The number of methoxy groups -OCH3 is 1. The molecule has 5 nitrogen and oxygen atoms in total. The van der Waals surface area contributed by atoms with Crippen LogP contribution in [0.3, 0.4) is 0 Å². The molecule has 2 rings (SSSR count). The zero-order valence-corrected chi connectivity index (χ0v) is 12.1. The lowest BCUT2D eigenvalue weighted by molar-refractivity contribution is 0.0572. The second-order valence-corrected chi connectivity index (χ2v) is 5.35. The van der Waals surface area contributed by atoms with Crippen molar-refractivity contribution in [3.8, 4) is 5.75 Å². The van der Waals surface area contributed by atoms with Crippen LogP contribution in [0, 0.1) is 0 Å². The van der Waals surface area contributed by atoms with Crippen LogP contribution < -0.4 is 10.5 Å². The van der Waals surface area contributed by atoms with E-state index in [1.54, 1.807) is 7.11 Å². The highest BCUT2D eigenvalue weighted by molar-refractivity contribution is 5.37. The number of para-hydroxylation sites is 1. The van der Waals surface area contributed by atoms with Gasteiger partial charge in [-0.2, -0.15) is 0 Å². The third-order valence-electron chi connectivity index (χ3n) is 4.02. The Balaban J connectivity index is 2.33. The molecular weight excluding hydrogens is 256 g/mol. The molecule has 0 bridgehead atoms. The first-order chi connectivity index (χ1) is 9.58. The number of hydrogen-bond acceptors (Lipinski definition) is 5. The number of aliphatic hydroxyl groups excluding tert-OH is 2. The lowest BCUT2D eigenvalue weighted by Crippen LogP contribution is -2.40. The van der Waals surface area contributed by atoms with Crippen molar-refractivity contribution in [3.63, 3.8) is 0 Å². The Morgan fingerprint density at radius 1 is 1.30 bits per heavy atom. The van der Waals surface area contributed by atoms with Crippen molar-refractivity contribution >= 4 is 0 Å². The molecule has 0 aliphatic carbocycles. The minimum Gasteiger partial charge on any atom is -0.496 e. The summed E-state index contributed by atoms with van der Waals surface area (Å²) in [7, 11) is 1.64. The Labute approximate surface area is 120 Å². The summed E-state index contributed by atoms with van der Waals surface area (Å²) in [5.41, 5.74) is 7.29. The second-order valence-electron chi connectivity index (χ2n) is 5.35. The molecule has 0 spiro atoms. The summed E-state index contributed by atoms with van der Waals surface area (Å²) in [4.78, 5) is 2.04. The van der Waals surface area contributed by atoms with Gasteiger partial charge < -0.3 is 20.7 Å². The molecule has 4 unspecified atom stereocenters. The van der Waals surface area contributed by atoms with Crippen molar-refractivity contribution in [2.75, 3.05) is 20.2 Å². The van der Waals surface area contributed by atoms with Crippen LogP contribution in [0.2, 0.25) is 0 Å². The zero-order valence-electron chi connectivity index (χ0n) is 12.1. The van der Waals surface area contributed by atoms with E-state index in [2.05, 4.69) is 0 Å². The molecule has 0 saturated carbocycles. The Bertz CT molecular complexity index is 431. The summed E-state index contributed by atoms with van der Waals surface area (Å²) in [6.07, 6.45) is -0.613. The monoisotopic (exact) mass is 280 g/mol. The Morgan fingerprint density at radius 3 is 2.45 bits per heavy atom. The quantitative estimate of drug-likeness (QED) is 0.732. The van der Waals surface area contributed by atoms with E-state index >= 15 is 0 Å². The molecule has 0 amide bonds. The Kier molecular flexibility index (Phi) is 4.99. The zero-order chi connectivity index (χ0) is 14.7. The largest absolute Gasteiger partial charge is 0.496 e. The number of nitrogens with two attached hydrogens (primary N) is 1. The van der Waals surface area contributed by atoms with E-state index < -0.39 is 12.2 Å². The molecule has 1 saturated heterocycles. The van der Waals surface area contributed by atoms with E-state index in [0.29, 0.717) is 13.1 Å². The van der Waals surface area contributed by atoms with Gasteiger partial charge in [0.2, 0.25) is 0 Å². The summed E-state index contributed by atoms with van der Waals surface area (Å²) in [6.45, 7) is 2.89. The molecule has 1 aromatic carbocycles. The normalized spacial score (nSPS) is 26.4. The van der Waals surface area contributed by atoms with Crippen LogP contribution in [0.5, 0.6) is 5.75 Å². The van der Waals surface area contributed by atoms with E-state index in [1.165, 1.54) is 0 Å². The maximum absolute atomic E-state index is 9.78. The Hall–Kier alpha value is -1.14. The summed E-state index contributed by atoms with van der Waals surface area (Å²) in [6, 6.07) is 7.64. The molecule has 4 atom stereocenters. The predicted octanol–water partition coefficient (Wildman–Crippen LogP) is 0.511. The van der Waals surface area contributed by atoms with Gasteiger partial charge in [0.1, 0.15) is 5.75 Å². The number of aliphatic hydroxyl groups is 2. The molecule has 5 heteroatoms. The van der Waals surface area contributed by atoms with Gasteiger partial charge in [-0.25, -0.2) is 0 Å². The number of benzene rings is 1. The van der Waals surface area contributed by atoms with Crippen LogP contribution in [0.25, 0.3) is 0 Å². The van der Waals surface area contributed by atoms with Crippen LogP contribution in [-0.2, 0) is 0 Å². The van der Waals surface area contributed by atoms with Crippen molar-refractivity contribution in [3.05, 3.63) is 29.8 Å². The molecule has 1 aliphatic rings. The third-order valence-corrected chi connectivity index (χ3v) is 4.02. The van der Waals surface area contributed by atoms with Gasteiger partial charge >= 0.3 is 0 Å². The van der Waals surface area contributed by atoms with Crippen molar-refractivity contribution in [1.82, 2.24) is 4.90 Å². The Morgan fingerprint density at radius 2 is 1.90 bits per heavy atom. The van der Waals surface area contributed by atoms with Crippen molar-refractivity contribution in [2.45, 2.75) is 37.6 Å². The smallest absolute Gasteiger partial charge is 0.123 e. The van der Waals surface area contributed by atoms with E-state index in [9.17, 15) is 10.2 Å². The van der Waals surface area contributed by atoms with Gasteiger partial charge in [0.05, 0.1) is 25.4 Å². The summed E-state index contributed by atoms with van der Waals surface area (Å²) in [5.74, 6) is 0.789. The predicted molar refractivity (Wildman–Crippen MR) is 77.6 cm³/mol. The molecule has 112 valence electrons. The van der Waals surface area contributed by atoms with Gasteiger partial charge in [0, 0.05) is 24.7 Å². The number of nitrogens with zero attached hydrogens (tertiary/aromatic N) is 1. The summed E-state index contributed by atoms with van der Waals surface area (Å²) in [5, 5.41) is 19.6. The molecule has 4 N–H and O–H groups in total. The lowest BCUT2D eigenvalue weighted by atomic mass is 9.95. The highest BCUT2D eigenvalue weighted by atomic mass is 16.5. The summed E-state index contributed by atoms with van der Waals surface area (Å²) < 4.78 is 5.43. The van der Waals surface area contributed by atoms with Crippen LogP contribution in [0.4, 0.5) is 0 Å². The highest BCUT2D eigenvalue weighted by Gasteiger charge is 2.37. The molecule has 1 aromatic rings. The topological polar surface area (TPSA) is 79.0 Å². The number of likely N-dealkylation sites (tertiary alicyclic amines) is 1. The van der Waals surface area contributed by atoms with Crippen molar-refractivity contribution < 1.29 is 14.9 Å². The fourth-order valence-electron chi connectivity index (χ4n) is 2.86. The minimum absolute atomic E-state index is 0.0667. The van der Waals surface area contributed by atoms with Gasteiger partial charge in [-0.05, 0) is 12.5 Å². The second kappa shape index (κ2) is 6.54. The molecular formula is C15H24N2O3. The van der Waals surface area contributed by atoms with Gasteiger partial charge in [-0.1, -0.05) is 25.1 Å². The van der Waals surface area contributed by atoms with Crippen LogP contribution in [0.15, 0.2) is 24.3 Å². The fraction of sp³-hybridized carbons (Fsp3) is 0.600. The van der Waals surface area contributed by atoms with E-state index in [1.807, 2.05) is 36.1 Å². The van der Waals surface area contributed by atoms with Crippen molar-refractivity contribution in [1.29, 1.82) is 0 Å². The average molecular weight is 280 g/mol. The first kappa shape index (κ1) is 15.3. The molecule has 1 heterocycles. The van der Waals surface area contributed by atoms with Crippen LogP contribution >= 0.6 is 0 Å². The van der Waals surface area contributed by atoms with E-state index in [0.717, 1.165) is 17.7 Å². The number of hydrogen-bond donors (Lipinski definition) is 3. The third kappa shape index (κ3) is 2.96. The van der Waals surface area contributed by atoms with Crippen LogP contribution in [0.1, 0.15) is 24.9 Å². The number of β-amino-alcohol motifs (C(OH)–C–C–N with tert-alkyl or cyclic N) is 2. The molecule has 0 aromatic heterocycles. The molecule has 0 radical (unpaired) electrons.